The van der Waals surface area contributed by atoms with Crippen LogP contribution in [0.15, 0.2) is 12.5 Å². The van der Waals surface area contributed by atoms with Gasteiger partial charge in [0.25, 0.3) is 0 Å². The van der Waals surface area contributed by atoms with Gasteiger partial charge in [-0.05, 0) is 59.3 Å². The molecule has 510 valence electrons. The predicted octanol–water partition coefficient (Wildman–Crippen LogP) is 3.63. The summed E-state index contributed by atoms with van der Waals surface area (Å²) in [5, 5.41) is 40.2. The minimum absolute atomic E-state index is 0.120. The van der Waals surface area contributed by atoms with Gasteiger partial charge in [0.05, 0.1) is 63.7 Å². The fourth-order valence-corrected chi connectivity index (χ4v) is 6.96. The number of hydrogen-bond donors (Lipinski definition) is 12. The van der Waals surface area contributed by atoms with Crippen molar-refractivity contribution in [1.82, 2.24) is 41.9 Å². The number of nitrogens with one attached hydrogen (secondary N) is 7. The summed E-state index contributed by atoms with van der Waals surface area (Å²) in [7, 11) is 1.00. The molecule has 0 aliphatic heterocycles. The normalized spacial score (nSPS) is 11.1. The number of H-pyrrole nitrogens is 1. The molecule has 0 bridgehead atoms. The molecule has 0 saturated heterocycles. The Morgan fingerprint density at radius 1 is 0.644 bits per heavy atom. The van der Waals surface area contributed by atoms with Gasteiger partial charge in [0.15, 0.2) is 0 Å². The molecule has 3 atom stereocenters. The Kier molecular flexibility index (Phi) is 78.7. The molecule has 0 fully saturated rings. The van der Waals surface area contributed by atoms with E-state index in [1.165, 1.54) is 103 Å². The third kappa shape index (κ3) is 76.1. The predicted molar refractivity (Wildman–Crippen MR) is 336 cm³/mol. The molecular formula is C60H118N10O17. The summed E-state index contributed by atoms with van der Waals surface area (Å²) in [5.41, 5.74) is 11.5. The van der Waals surface area contributed by atoms with E-state index in [0.29, 0.717) is 83.9 Å². The molecule has 0 saturated carbocycles. The number of aliphatic hydroxyl groups is 2. The largest absolute Gasteiger partial charge is 0.481 e. The number of carboxylic acids is 1. The Morgan fingerprint density at radius 2 is 1.11 bits per heavy atom. The summed E-state index contributed by atoms with van der Waals surface area (Å²) >= 11 is 0. The topological polar surface area (TPSA) is 421 Å². The SMILES string of the molecule is C=O.CC.CC(C)(C=O)NC=O.CC(O)C(NC(=O)C(N)CCCCNC(=O)COCCOCCNC(=O)COCCOCCNC(=O)CCCNC=O)C(N)=O.CCCCCCCCCCCCCCCCCC(=O)O.CCCc1cnc[nH]1.CO. The molecule has 0 radical (unpaired) electrons. The van der Waals surface area contributed by atoms with Gasteiger partial charge < -0.3 is 92.2 Å². The molecule has 1 aromatic heterocycles. The number of hydrogen-bond acceptors (Lipinski definition) is 18. The van der Waals surface area contributed by atoms with Crippen LogP contribution >= 0.6 is 0 Å². The first kappa shape index (κ1) is 92.2. The lowest BCUT2D eigenvalue weighted by Crippen LogP contribution is -2.54. The Hall–Kier alpha value is -5.97. The molecule has 1 rings (SSSR count). The molecule has 0 aromatic carbocycles. The Labute approximate surface area is 519 Å². The van der Waals surface area contributed by atoms with Crippen molar-refractivity contribution in [2.24, 2.45) is 11.5 Å². The second kappa shape index (κ2) is 74.3. The number of ether oxygens (including phenoxy) is 4. The molecule has 7 amide bonds. The van der Waals surface area contributed by atoms with E-state index in [2.05, 4.69) is 55.7 Å². The van der Waals surface area contributed by atoms with Gasteiger partial charge in [-0.15, -0.1) is 0 Å². The third-order valence-electron chi connectivity index (χ3n) is 11.6. The van der Waals surface area contributed by atoms with Crippen LogP contribution in [0.5, 0.6) is 0 Å². The van der Waals surface area contributed by atoms with Crippen molar-refractivity contribution in [2.45, 2.75) is 220 Å². The van der Waals surface area contributed by atoms with E-state index >= 15 is 0 Å². The zero-order chi connectivity index (χ0) is 67.0. The van der Waals surface area contributed by atoms with E-state index in [-0.39, 0.29) is 70.5 Å². The van der Waals surface area contributed by atoms with Gasteiger partial charge in [-0.2, -0.15) is 0 Å². The average Bonchev–Trinajstić information content (AvgIpc) is 4.09. The maximum absolute atomic E-state index is 12.0. The van der Waals surface area contributed by atoms with E-state index in [4.69, 9.17) is 45.4 Å². The number of rotatable bonds is 51. The fourth-order valence-electron chi connectivity index (χ4n) is 6.96. The van der Waals surface area contributed by atoms with Crippen LogP contribution in [0.4, 0.5) is 0 Å². The molecule has 87 heavy (non-hydrogen) atoms. The van der Waals surface area contributed by atoms with Gasteiger partial charge in [0.1, 0.15) is 32.3 Å². The van der Waals surface area contributed by atoms with E-state index in [1.807, 2.05) is 26.8 Å². The molecule has 0 aliphatic carbocycles. The first-order valence-electron chi connectivity index (χ1n) is 30.8. The van der Waals surface area contributed by atoms with Gasteiger partial charge in [0.2, 0.25) is 42.4 Å². The van der Waals surface area contributed by atoms with Crippen molar-refractivity contribution < 1.29 is 82.2 Å². The molecule has 1 heterocycles. The van der Waals surface area contributed by atoms with Crippen molar-refractivity contribution in [2.75, 3.05) is 86.1 Å². The smallest absolute Gasteiger partial charge is 0.303 e. The molecular weight excluding hydrogens is 1130 g/mol. The Bertz CT molecular complexity index is 1730. The summed E-state index contributed by atoms with van der Waals surface area (Å²) in [6, 6.07) is -2.10. The molecule has 14 N–H and O–H groups in total. The van der Waals surface area contributed by atoms with Crippen molar-refractivity contribution in [1.29, 1.82) is 0 Å². The van der Waals surface area contributed by atoms with Crippen molar-refractivity contribution in [3.05, 3.63) is 18.2 Å². The number of nitrogens with two attached hydrogens (primary N) is 2. The first-order valence-corrected chi connectivity index (χ1v) is 30.8. The fraction of sp³-hybridized carbons (Fsp3) is 0.783. The highest BCUT2D eigenvalue weighted by Crippen LogP contribution is 2.14. The minimum atomic E-state index is -1.21. The van der Waals surface area contributed by atoms with E-state index in [1.54, 1.807) is 20.2 Å². The maximum Gasteiger partial charge on any atom is 0.303 e. The monoisotopic (exact) mass is 1250 g/mol. The van der Waals surface area contributed by atoms with Crippen molar-refractivity contribution >= 4 is 61.4 Å². The second-order valence-corrected chi connectivity index (χ2v) is 19.8. The highest BCUT2D eigenvalue weighted by Gasteiger charge is 2.25. The van der Waals surface area contributed by atoms with Crippen LogP contribution in [0, 0.1) is 0 Å². The van der Waals surface area contributed by atoms with Crippen molar-refractivity contribution in [3.8, 4) is 0 Å². The number of aromatic nitrogens is 2. The number of aromatic amines is 1. The van der Waals surface area contributed by atoms with Crippen LogP contribution in [0.2, 0.25) is 0 Å². The quantitative estimate of drug-likeness (QED) is 0.0327. The van der Waals surface area contributed by atoms with Crippen LogP contribution in [0.1, 0.15) is 195 Å². The standard InChI is InChI=1S/C27H51N7O11.C18H36O2.C6H10N2.C5H9NO2.C2H6.CH4O.CH2O/c1-20(36)25(26(29)40)34-27(41)21(28)5-2-3-8-31-23(38)17-44-15-14-43-12-10-33-24(39)18-45-16-13-42-11-9-32-22(37)6-4-7-30-19-35;1-2-3-4-5-6-7-8-9-10-11-12-13-14-15-16-17-18(19)20;1-2-3-6-4-7-5-8-6;1-5(2,3-7)6-4-8;3*1-2/h19-21,25,36H,2-18,28H2,1H3,(H2,29,40)(H,30,35)(H,31,38)(H,32,37)(H,33,39)(H,34,41);2-17H2,1H3,(H,19,20);4-5H,2-3H2,1H3,(H,7,8);3-4H,1-2H3,(H,6,8);1-2H3;2H,1H3;1H2. The number of nitrogens with zero attached hydrogens (tertiary/aromatic N) is 1. The number of imidazole rings is 1. The van der Waals surface area contributed by atoms with E-state index in [9.17, 15) is 48.3 Å². The lowest BCUT2D eigenvalue weighted by atomic mass is 10.0. The van der Waals surface area contributed by atoms with Crippen LogP contribution in [0.3, 0.4) is 0 Å². The summed E-state index contributed by atoms with van der Waals surface area (Å²) in [6.45, 7) is 17.7. The second-order valence-electron chi connectivity index (χ2n) is 19.8. The summed E-state index contributed by atoms with van der Waals surface area (Å²) in [4.78, 5) is 113. The number of carbonyl (C=O) groups is 10. The van der Waals surface area contributed by atoms with E-state index in [0.717, 1.165) is 26.4 Å². The number of unbranched alkanes of at least 4 members (excludes halogenated alkanes) is 15. The lowest BCUT2D eigenvalue weighted by Gasteiger charge is -2.20. The number of carboxylic acid groups (broad SMARTS) is 1. The van der Waals surface area contributed by atoms with Crippen molar-refractivity contribution in [3.63, 3.8) is 0 Å². The van der Waals surface area contributed by atoms with Gasteiger partial charge in [-0.1, -0.05) is 124 Å². The number of aldehydes is 1. The zero-order valence-electron chi connectivity index (χ0n) is 54.2. The van der Waals surface area contributed by atoms with Gasteiger partial charge in [0, 0.05) is 58.0 Å². The molecule has 0 aliphatic rings. The summed E-state index contributed by atoms with van der Waals surface area (Å²) < 4.78 is 21.1. The van der Waals surface area contributed by atoms with Crippen LogP contribution in [0.25, 0.3) is 0 Å². The minimum Gasteiger partial charge on any atom is -0.481 e. The zero-order valence-corrected chi connectivity index (χ0v) is 54.2. The number of aryl methyl sites for hydroxylation is 1. The van der Waals surface area contributed by atoms with Gasteiger partial charge in [-0.3, -0.25) is 38.4 Å². The van der Waals surface area contributed by atoms with Crippen LogP contribution < -0.4 is 43.4 Å². The number of aliphatic hydroxyl groups excluding tert-OH is 2. The highest BCUT2D eigenvalue weighted by molar-refractivity contribution is 5.89. The number of amides is 7. The molecule has 0 spiro atoms. The van der Waals surface area contributed by atoms with Crippen LogP contribution in [-0.4, -0.2) is 197 Å². The van der Waals surface area contributed by atoms with E-state index < -0.39 is 41.5 Å². The third-order valence-corrected chi connectivity index (χ3v) is 11.6. The molecule has 27 heteroatoms. The number of aliphatic carboxylic acids is 1. The Balaban J connectivity index is -0.000000315. The number of carbonyl (C=O) groups excluding carboxylic acids is 9. The molecule has 1 aromatic rings. The maximum atomic E-state index is 12.0. The van der Waals surface area contributed by atoms with Crippen LogP contribution in [-0.2, 0) is 73.3 Å². The molecule has 27 nitrogen and oxygen atoms in total. The molecule has 3 unspecified atom stereocenters. The first-order chi connectivity index (χ1) is 41.9. The lowest BCUT2D eigenvalue weighted by molar-refractivity contribution is -0.137. The average molecular weight is 1250 g/mol. The Morgan fingerprint density at radius 3 is 1.52 bits per heavy atom. The van der Waals surface area contributed by atoms with Gasteiger partial charge >= 0.3 is 5.97 Å². The number of primary amides is 1. The summed E-state index contributed by atoms with van der Waals surface area (Å²) in [6.07, 6.45) is 29.0. The van der Waals surface area contributed by atoms with Gasteiger partial charge in [-0.25, -0.2) is 4.98 Å². The summed E-state index contributed by atoms with van der Waals surface area (Å²) in [5.74, 6) is -2.83. The highest BCUT2D eigenvalue weighted by atomic mass is 16.5.